The van der Waals surface area contributed by atoms with Gasteiger partial charge in [0.2, 0.25) is 0 Å². The highest BCUT2D eigenvalue weighted by atomic mass is 16.5. The van der Waals surface area contributed by atoms with Crippen LogP contribution in [0, 0.1) is 5.41 Å². The van der Waals surface area contributed by atoms with Crippen molar-refractivity contribution in [2.24, 2.45) is 5.41 Å². The summed E-state index contributed by atoms with van der Waals surface area (Å²) in [5.74, 6) is -0.313. The second-order valence-corrected chi connectivity index (χ2v) is 8.13. The Morgan fingerprint density at radius 2 is 1.83 bits per heavy atom. The van der Waals surface area contributed by atoms with E-state index in [0.29, 0.717) is 0 Å². The van der Waals surface area contributed by atoms with Crippen molar-refractivity contribution in [1.82, 2.24) is 4.98 Å². The zero-order valence-corrected chi connectivity index (χ0v) is 17.1. The monoisotopic (exact) mass is 386 g/mol. The lowest BCUT2D eigenvalue weighted by molar-refractivity contribution is -0.151. The Kier molecular flexibility index (Phi) is 5.10. The number of methoxy groups -OCH3 is 1. The Hall–Kier alpha value is -3.14. The quantitative estimate of drug-likeness (QED) is 0.618. The Morgan fingerprint density at radius 3 is 2.52 bits per heavy atom. The molecule has 4 heteroatoms. The largest absolute Gasteiger partial charge is 0.469 e. The predicted octanol–water partition coefficient (Wildman–Crippen LogP) is 5.12. The van der Waals surface area contributed by atoms with Gasteiger partial charge in [-0.25, -0.2) is 0 Å². The number of rotatable bonds is 5. The molecule has 1 aliphatic rings. The van der Waals surface area contributed by atoms with E-state index in [9.17, 15) is 4.79 Å². The van der Waals surface area contributed by atoms with Gasteiger partial charge in [-0.15, -0.1) is 0 Å². The predicted molar refractivity (Wildman–Crippen MR) is 115 cm³/mol. The number of anilines is 1. The molecule has 0 spiro atoms. The number of nitrogens with zero attached hydrogens (tertiary/aromatic N) is 1. The van der Waals surface area contributed by atoms with Crippen LogP contribution in [-0.2, 0) is 16.0 Å². The number of hydrogen-bond acceptors (Lipinski definition) is 4. The highest BCUT2D eigenvalue weighted by Gasteiger charge is 2.40. The minimum Gasteiger partial charge on any atom is -0.469 e. The molecule has 29 heavy (non-hydrogen) atoms. The number of pyridine rings is 1. The number of carbonyl (C=O) groups excluding carboxylic acids is 1. The summed E-state index contributed by atoms with van der Waals surface area (Å²) < 4.78 is 5.15. The van der Waals surface area contributed by atoms with Gasteiger partial charge < -0.3 is 10.1 Å². The van der Waals surface area contributed by atoms with Crippen molar-refractivity contribution in [2.45, 2.75) is 32.2 Å². The molecule has 2 atom stereocenters. The van der Waals surface area contributed by atoms with Gasteiger partial charge in [0.05, 0.1) is 24.3 Å². The zero-order valence-electron chi connectivity index (χ0n) is 17.1. The maximum atomic E-state index is 12.6. The summed E-state index contributed by atoms with van der Waals surface area (Å²) in [7, 11) is 1.45. The Labute approximate surface area is 172 Å². The second kappa shape index (κ2) is 7.70. The van der Waals surface area contributed by atoms with Crippen molar-refractivity contribution in [3.05, 3.63) is 95.3 Å². The van der Waals surface area contributed by atoms with E-state index in [4.69, 9.17) is 4.74 Å². The van der Waals surface area contributed by atoms with E-state index in [1.54, 1.807) is 0 Å². The molecule has 0 amide bonds. The van der Waals surface area contributed by atoms with E-state index in [0.717, 1.165) is 28.9 Å². The average molecular weight is 386 g/mol. The van der Waals surface area contributed by atoms with Gasteiger partial charge in [-0.2, -0.15) is 0 Å². The molecule has 1 aliphatic heterocycles. The van der Waals surface area contributed by atoms with E-state index in [1.807, 2.05) is 50.4 Å². The number of fused-ring (bicyclic) bond motifs is 1. The Balaban J connectivity index is 1.72. The minimum absolute atomic E-state index is 0.102. The van der Waals surface area contributed by atoms with Crippen LogP contribution in [0.15, 0.2) is 72.9 Å². The molecule has 0 bridgehead atoms. The molecule has 2 unspecified atom stereocenters. The summed E-state index contributed by atoms with van der Waals surface area (Å²) in [6.07, 6.45) is 2.70. The third-order valence-corrected chi connectivity index (χ3v) is 5.83. The Morgan fingerprint density at radius 1 is 1.07 bits per heavy atom. The van der Waals surface area contributed by atoms with Crippen molar-refractivity contribution < 1.29 is 9.53 Å². The summed E-state index contributed by atoms with van der Waals surface area (Å²) in [5, 5.41) is 3.58. The van der Waals surface area contributed by atoms with Crippen molar-refractivity contribution >= 4 is 11.7 Å². The number of esters is 1. The first-order valence-corrected chi connectivity index (χ1v) is 9.94. The summed E-state index contributed by atoms with van der Waals surface area (Å²) in [6, 6.07) is 22.8. The van der Waals surface area contributed by atoms with Gasteiger partial charge in [0.15, 0.2) is 0 Å². The lowest BCUT2D eigenvalue weighted by Gasteiger charge is -2.33. The standard InChI is InChI=1S/C25H26N2O2/c1-25(2,24(28)29-3)23(17-9-5-4-6-10-17)18-12-13-20-19(15-18)16-22(27-20)21-11-7-8-14-26-21/h4-15,22-23,27H,16H2,1-3H3. The fourth-order valence-electron chi connectivity index (χ4n) is 4.37. The van der Waals surface area contributed by atoms with Crippen LogP contribution in [0.5, 0.6) is 0 Å². The first kappa shape index (κ1) is 19.2. The third kappa shape index (κ3) is 3.63. The molecule has 4 nitrogen and oxygen atoms in total. The van der Waals surface area contributed by atoms with Crippen LogP contribution in [0.3, 0.4) is 0 Å². The van der Waals surface area contributed by atoms with Gasteiger partial charge in [0.1, 0.15) is 0 Å². The highest BCUT2D eigenvalue weighted by Crippen LogP contribution is 2.44. The molecule has 1 N–H and O–H groups in total. The molecule has 0 saturated heterocycles. The van der Waals surface area contributed by atoms with Gasteiger partial charge >= 0.3 is 5.97 Å². The first-order chi connectivity index (χ1) is 14.0. The molecule has 1 aromatic heterocycles. The van der Waals surface area contributed by atoms with Crippen LogP contribution >= 0.6 is 0 Å². The summed E-state index contributed by atoms with van der Waals surface area (Å²) in [4.78, 5) is 17.1. The number of carbonyl (C=O) groups is 1. The summed E-state index contributed by atoms with van der Waals surface area (Å²) >= 11 is 0. The topological polar surface area (TPSA) is 51.2 Å². The van der Waals surface area contributed by atoms with Crippen LogP contribution < -0.4 is 5.32 Å². The lowest BCUT2D eigenvalue weighted by atomic mass is 9.71. The number of ether oxygens (including phenoxy) is 1. The number of aromatic nitrogens is 1. The van der Waals surface area contributed by atoms with E-state index < -0.39 is 5.41 Å². The van der Waals surface area contributed by atoms with Gasteiger partial charge in [-0.3, -0.25) is 9.78 Å². The minimum atomic E-state index is -0.698. The van der Waals surface area contributed by atoms with Crippen LogP contribution in [-0.4, -0.2) is 18.1 Å². The summed E-state index contributed by atoms with van der Waals surface area (Å²) in [5.41, 5.74) is 4.95. The van der Waals surface area contributed by atoms with Gasteiger partial charge in [0, 0.05) is 24.2 Å². The van der Waals surface area contributed by atoms with Crippen LogP contribution in [0.2, 0.25) is 0 Å². The fourth-order valence-corrected chi connectivity index (χ4v) is 4.37. The average Bonchev–Trinajstić information content (AvgIpc) is 3.18. The van der Waals surface area contributed by atoms with Crippen LogP contribution in [0.25, 0.3) is 0 Å². The molecule has 3 aromatic rings. The van der Waals surface area contributed by atoms with Crippen molar-refractivity contribution in [1.29, 1.82) is 0 Å². The van der Waals surface area contributed by atoms with Crippen LogP contribution in [0.4, 0.5) is 5.69 Å². The molecule has 0 aliphatic carbocycles. The van der Waals surface area contributed by atoms with E-state index in [1.165, 1.54) is 12.7 Å². The molecule has 2 heterocycles. The maximum absolute atomic E-state index is 12.6. The molecule has 0 fully saturated rings. The van der Waals surface area contributed by atoms with Gasteiger partial charge in [-0.05, 0) is 48.7 Å². The summed E-state index contributed by atoms with van der Waals surface area (Å²) in [6.45, 7) is 3.91. The smallest absolute Gasteiger partial charge is 0.312 e. The third-order valence-electron chi connectivity index (χ3n) is 5.83. The van der Waals surface area contributed by atoms with Crippen molar-refractivity contribution in [3.63, 3.8) is 0 Å². The fraction of sp³-hybridized carbons (Fsp3) is 0.280. The number of hydrogen-bond donors (Lipinski definition) is 1. The number of nitrogens with one attached hydrogen (secondary N) is 1. The van der Waals surface area contributed by atoms with E-state index in [-0.39, 0.29) is 17.9 Å². The molecular formula is C25H26N2O2. The lowest BCUT2D eigenvalue weighted by Crippen LogP contribution is -2.33. The highest BCUT2D eigenvalue weighted by molar-refractivity contribution is 5.78. The Bertz CT molecular complexity index is 1000. The molecule has 148 valence electrons. The molecule has 0 radical (unpaired) electrons. The molecule has 4 rings (SSSR count). The normalized spacial score (nSPS) is 16.6. The molecule has 0 saturated carbocycles. The van der Waals surface area contributed by atoms with E-state index in [2.05, 4.69) is 46.7 Å². The van der Waals surface area contributed by atoms with Crippen LogP contribution in [0.1, 0.15) is 48.2 Å². The molecule has 2 aromatic carbocycles. The second-order valence-electron chi connectivity index (χ2n) is 8.13. The first-order valence-electron chi connectivity index (χ1n) is 9.94. The zero-order chi connectivity index (χ0) is 20.4. The number of benzene rings is 2. The molecular weight excluding hydrogens is 360 g/mol. The van der Waals surface area contributed by atoms with Gasteiger partial charge in [0.25, 0.3) is 0 Å². The van der Waals surface area contributed by atoms with Gasteiger partial charge in [-0.1, -0.05) is 48.5 Å². The van der Waals surface area contributed by atoms with Crippen molar-refractivity contribution in [2.75, 3.05) is 12.4 Å². The SMILES string of the molecule is COC(=O)C(C)(C)C(c1ccccc1)c1ccc2c(c1)CC(c1ccccn1)N2. The maximum Gasteiger partial charge on any atom is 0.312 e. The van der Waals surface area contributed by atoms with E-state index >= 15 is 0 Å². The van der Waals surface area contributed by atoms with Crippen molar-refractivity contribution in [3.8, 4) is 0 Å².